The molecule has 26 heavy (non-hydrogen) atoms. The second-order valence-electron chi connectivity index (χ2n) is 5.34. The number of carboxylic acid groups (broad SMARTS) is 1. The van der Waals surface area contributed by atoms with E-state index >= 15 is 0 Å². The van der Waals surface area contributed by atoms with Crippen LogP contribution in [0.5, 0.6) is 0 Å². The summed E-state index contributed by atoms with van der Waals surface area (Å²) in [5.41, 5.74) is -0.478. The van der Waals surface area contributed by atoms with Crippen LogP contribution in [0.3, 0.4) is 0 Å². The minimum atomic E-state index is -1.29. The lowest BCUT2D eigenvalue weighted by Gasteiger charge is -2.10. The Balaban J connectivity index is 1.94. The van der Waals surface area contributed by atoms with E-state index in [4.69, 9.17) is 23.2 Å². The zero-order valence-corrected chi connectivity index (χ0v) is 14.6. The van der Waals surface area contributed by atoms with Gasteiger partial charge in [0.1, 0.15) is 6.54 Å². The van der Waals surface area contributed by atoms with Crippen molar-refractivity contribution in [2.24, 2.45) is 0 Å². The molecule has 0 saturated carbocycles. The summed E-state index contributed by atoms with van der Waals surface area (Å²) in [6.45, 7) is -0.454. The molecule has 132 valence electrons. The summed E-state index contributed by atoms with van der Waals surface area (Å²) in [6, 6.07) is 10.7. The van der Waals surface area contributed by atoms with Gasteiger partial charge in [0.05, 0.1) is 15.4 Å². The summed E-state index contributed by atoms with van der Waals surface area (Å²) in [5.74, 6) is -1.86. The Hall–Kier alpha value is -2.90. The molecule has 0 spiro atoms. The number of aromatic nitrogens is 2. The molecule has 0 radical (unpaired) electrons. The van der Waals surface area contributed by atoms with Crippen molar-refractivity contribution in [3.8, 4) is 0 Å². The predicted octanol–water partition coefficient (Wildman–Crippen LogP) is 3.04. The van der Waals surface area contributed by atoms with E-state index in [0.717, 1.165) is 4.68 Å². The fourth-order valence-corrected chi connectivity index (χ4v) is 2.71. The molecule has 1 heterocycles. The summed E-state index contributed by atoms with van der Waals surface area (Å²) in [4.78, 5) is 36.1. The number of hydrogen-bond acceptors (Lipinski definition) is 4. The fourth-order valence-electron chi connectivity index (χ4n) is 2.41. The lowest BCUT2D eigenvalue weighted by Crippen LogP contribution is -2.31. The van der Waals surface area contributed by atoms with Gasteiger partial charge in [-0.25, -0.2) is 9.48 Å². The minimum absolute atomic E-state index is 0.169. The van der Waals surface area contributed by atoms with Crippen molar-refractivity contribution in [3.63, 3.8) is 0 Å². The van der Waals surface area contributed by atoms with Crippen LogP contribution in [-0.4, -0.2) is 26.8 Å². The Morgan fingerprint density at radius 1 is 1.08 bits per heavy atom. The van der Waals surface area contributed by atoms with Gasteiger partial charge >= 0.3 is 5.97 Å². The molecule has 2 aromatic carbocycles. The van der Waals surface area contributed by atoms with Crippen molar-refractivity contribution in [2.45, 2.75) is 6.54 Å². The van der Waals surface area contributed by atoms with E-state index in [9.17, 15) is 19.5 Å². The predicted molar refractivity (Wildman–Crippen MR) is 98.1 cm³/mol. The number of rotatable bonds is 4. The van der Waals surface area contributed by atoms with Crippen LogP contribution in [-0.2, 0) is 11.3 Å². The molecule has 0 saturated heterocycles. The van der Waals surface area contributed by atoms with Gasteiger partial charge in [-0.05, 0) is 24.3 Å². The van der Waals surface area contributed by atoms with E-state index in [1.807, 2.05) is 0 Å². The van der Waals surface area contributed by atoms with Crippen molar-refractivity contribution in [3.05, 3.63) is 68.6 Å². The largest absolute Gasteiger partial charge is 0.476 e. The molecule has 0 aliphatic heterocycles. The summed E-state index contributed by atoms with van der Waals surface area (Å²) >= 11 is 11.7. The van der Waals surface area contributed by atoms with E-state index in [2.05, 4.69) is 10.4 Å². The van der Waals surface area contributed by atoms with Crippen molar-refractivity contribution in [1.82, 2.24) is 9.78 Å². The molecule has 1 amide bonds. The molecular weight excluding hydrogens is 381 g/mol. The number of aromatic carboxylic acids is 1. The number of carbonyl (C=O) groups excluding carboxylic acids is 1. The van der Waals surface area contributed by atoms with E-state index in [1.54, 1.807) is 18.2 Å². The quantitative estimate of drug-likeness (QED) is 0.711. The van der Waals surface area contributed by atoms with Crippen LogP contribution >= 0.6 is 23.2 Å². The maximum Gasteiger partial charge on any atom is 0.357 e. The number of carboxylic acids is 1. The Bertz CT molecular complexity index is 1100. The van der Waals surface area contributed by atoms with Gasteiger partial charge in [0.2, 0.25) is 5.91 Å². The number of benzene rings is 2. The number of amides is 1. The third-order valence-electron chi connectivity index (χ3n) is 3.57. The van der Waals surface area contributed by atoms with E-state index in [-0.39, 0.29) is 21.5 Å². The average molecular weight is 392 g/mol. The van der Waals surface area contributed by atoms with Gasteiger partial charge in [-0.1, -0.05) is 41.4 Å². The normalized spacial score (nSPS) is 10.7. The number of anilines is 1. The Morgan fingerprint density at radius 3 is 2.42 bits per heavy atom. The SMILES string of the molecule is O=C(Cn1nc(C(=O)O)c2ccccc2c1=O)Nc1ccc(Cl)c(Cl)c1. The third kappa shape index (κ3) is 3.54. The molecule has 7 nitrogen and oxygen atoms in total. The number of halogens is 2. The molecule has 3 aromatic rings. The first-order valence-electron chi connectivity index (χ1n) is 7.35. The zero-order valence-electron chi connectivity index (χ0n) is 13.1. The number of carbonyl (C=O) groups is 2. The maximum atomic E-state index is 12.5. The van der Waals surface area contributed by atoms with Crippen LogP contribution in [0.15, 0.2) is 47.3 Å². The van der Waals surface area contributed by atoms with Crippen LogP contribution in [0.1, 0.15) is 10.5 Å². The van der Waals surface area contributed by atoms with Gasteiger partial charge in [-0.15, -0.1) is 0 Å². The van der Waals surface area contributed by atoms with Crippen molar-refractivity contribution in [1.29, 1.82) is 0 Å². The first kappa shape index (κ1) is 17.9. The Labute approximate surface area is 156 Å². The standard InChI is InChI=1S/C17H11Cl2N3O4/c18-12-6-5-9(7-13(12)19)20-14(23)8-22-16(24)11-4-2-1-3-10(11)15(21-22)17(25)26/h1-7H,8H2,(H,20,23)(H,25,26). The van der Waals surface area contributed by atoms with Crippen LogP contribution in [0.25, 0.3) is 10.8 Å². The molecule has 3 rings (SSSR count). The molecule has 0 atom stereocenters. The van der Waals surface area contributed by atoms with Crippen LogP contribution in [0, 0.1) is 0 Å². The van der Waals surface area contributed by atoms with Crippen LogP contribution < -0.4 is 10.9 Å². The Kier molecular flexibility index (Phi) is 4.92. The van der Waals surface area contributed by atoms with Crippen LogP contribution in [0.4, 0.5) is 5.69 Å². The van der Waals surface area contributed by atoms with Gasteiger partial charge < -0.3 is 10.4 Å². The van der Waals surface area contributed by atoms with Gasteiger partial charge in [0.25, 0.3) is 5.56 Å². The van der Waals surface area contributed by atoms with Gasteiger partial charge in [-0.2, -0.15) is 5.10 Å². The second kappa shape index (κ2) is 7.15. The number of fused-ring (bicyclic) bond motifs is 1. The zero-order chi connectivity index (χ0) is 18.8. The first-order chi connectivity index (χ1) is 12.4. The highest BCUT2D eigenvalue weighted by Crippen LogP contribution is 2.25. The van der Waals surface area contributed by atoms with E-state index in [1.165, 1.54) is 24.3 Å². The van der Waals surface area contributed by atoms with Gasteiger partial charge in [0, 0.05) is 11.1 Å². The second-order valence-corrected chi connectivity index (χ2v) is 6.15. The van der Waals surface area contributed by atoms with E-state index < -0.39 is 24.0 Å². The summed E-state index contributed by atoms with van der Waals surface area (Å²) < 4.78 is 0.818. The molecule has 2 N–H and O–H groups in total. The fraction of sp³-hybridized carbons (Fsp3) is 0.0588. The Morgan fingerprint density at radius 2 is 1.77 bits per heavy atom. The topological polar surface area (TPSA) is 101 Å². The lowest BCUT2D eigenvalue weighted by atomic mass is 10.1. The number of nitrogens with one attached hydrogen (secondary N) is 1. The molecule has 0 fully saturated rings. The first-order valence-corrected chi connectivity index (χ1v) is 8.10. The molecular formula is C17H11Cl2N3O4. The average Bonchev–Trinajstić information content (AvgIpc) is 2.60. The molecule has 0 unspecified atom stereocenters. The highest BCUT2D eigenvalue weighted by Gasteiger charge is 2.17. The number of hydrogen-bond donors (Lipinski definition) is 2. The van der Waals surface area contributed by atoms with Crippen molar-refractivity contribution < 1.29 is 14.7 Å². The highest BCUT2D eigenvalue weighted by atomic mass is 35.5. The number of nitrogens with zero attached hydrogens (tertiary/aromatic N) is 2. The van der Waals surface area contributed by atoms with E-state index in [0.29, 0.717) is 10.7 Å². The smallest absolute Gasteiger partial charge is 0.357 e. The minimum Gasteiger partial charge on any atom is -0.476 e. The lowest BCUT2D eigenvalue weighted by molar-refractivity contribution is -0.117. The summed E-state index contributed by atoms with van der Waals surface area (Å²) in [7, 11) is 0. The van der Waals surface area contributed by atoms with Gasteiger partial charge in [0.15, 0.2) is 5.69 Å². The van der Waals surface area contributed by atoms with Crippen molar-refractivity contribution >= 4 is 51.5 Å². The summed E-state index contributed by atoms with van der Waals surface area (Å²) in [6.07, 6.45) is 0. The monoisotopic (exact) mass is 391 g/mol. The molecule has 9 heteroatoms. The molecule has 0 aliphatic rings. The third-order valence-corrected chi connectivity index (χ3v) is 4.31. The molecule has 1 aromatic heterocycles. The summed E-state index contributed by atoms with van der Waals surface area (Å²) in [5, 5.41) is 16.7. The molecule has 0 bridgehead atoms. The highest BCUT2D eigenvalue weighted by molar-refractivity contribution is 6.42. The maximum absolute atomic E-state index is 12.5. The van der Waals surface area contributed by atoms with Crippen LogP contribution in [0.2, 0.25) is 10.0 Å². The van der Waals surface area contributed by atoms with Crippen molar-refractivity contribution in [2.75, 3.05) is 5.32 Å². The molecule has 0 aliphatic carbocycles. The van der Waals surface area contributed by atoms with Gasteiger partial charge in [-0.3, -0.25) is 9.59 Å².